The van der Waals surface area contributed by atoms with Crippen molar-refractivity contribution in [1.29, 1.82) is 0 Å². The van der Waals surface area contributed by atoms with Crippen LogP contribution in [0.3, 0.4) is 0 Å². The molecule has 1 heterocycles. The number of ether oxygens (including phenoxy) is 1. The second-order valence-electron chi connectivity index (χ2n) is 3.40. The van der Waals surface area contributed by atoms with Crippen LogP contribution in [-0.4, -0.2) is 17.1 Å². The van der Waals surface area contributed by atoms with Gasteiger partial charge in [0.25, 0.3) is 5.91 Å². The zero-order valence-corrected chi connectivity index (χ0v) is 10.2. The lowest BCUT2D eigenvalue weighted by atomic mass is 10.3. The number of carbonyl (C=O) groups excluding carboxylic acids is 1. The molecule has 0 bridgehead atoms. The first-order valence-electron chi connectivity index (χ1n) is 5.11. The average molecular weight is 248 g/mol. The molecule has 0 saturated carbocycles. The highest BCUT2D eigenvalue weighted by molar-refractivity contribution is 7.07. The minimum Gasteiger partial charge on any atom is -0.484 e. The highest BCUT2D eigenvalue weighted by Gasteiger charge is 2.01. The standard InChI is InChI=1S/C12H12N2O2S/c1-14-7-8-17-12(14)13-11(15)9-16-10-5-3-2-4-6-10/h2-8H,9H2,1H3. The van der Waals surface area contributed by atoms with Crippen molar-refractivity contribution in [2.24, 2.45) is 12.0 Å². The molecule has 0 aliphatic carbocycles. The quantitative estimate of drug-likeness (QED) is 0.828. The molecule has 2 aromatic rings. The number of hydrogen-bond acceptors (Lipinski definition) is 3. The summed E-state index contributed by atoms with van der Waals surface area (Å²) in [5.74, 6) is 0.388. The fourth-order valence-electron chi connectivity index (χ4n) is 1.24. The summed E-state index contributed by atoms with van der Waals surface area (Å²) >= 11 is 1.42. The molecular weight excluding hydrogens is 236 g/mol. The summed E-state index contributed by atoms with van der Waals surface area (Å²) in [5.41, 5.74) is 0. The van der Waals surface area contributed by atoms with Gasteiger partial charge in [-0.3, -0.25) is 4.79 Å². The number of thiazole rings is 1. The first-order valence-corrected chi connectivity index (χ1v) is 5.99. The second kappa shape index (κ2) is 5.45. The van der Waals surface area contributed by atoms with Crippen LogP contribution in [0.25, 0.3) is 0 Å². The second-order valence-corrected chi connectivity index (χ2v) is 4.28. The largest absolute Gasteiger partial charge is 0.484 e. The van der Waals surface area contributed by atoms with Gasteiger partial charge in [-0.25, -0.2) is 0 Å². The van der Waals surface area contributed by atoms with E-state index in [1.165, 1.54) is 11.3 Å². The van der Waals surface area contributed by atoms with Gasteiger partial charge >= 0.3 is 0 Å². The number of carbonyl (C=O) groups is 1. The van der Waals surface area contributed by atoms with Crippen LogP contribution in [0.4, 0.5) is 0 Å². The zero-order valence-electron chi connectivity index (χ0n) is 9.37. The van der Waals surface area contributed by atoms with E-state index >= 15 is 0 Å². The number of benzene rings is 1. The number of nitrogens with zero attached hydrogens (tertiary/aromatic N) is 2. The van der Waals surface area contributed by atoms with E-state index in [0.717, 1.165) is 0 Å². The third-order valence-electron chi connectivity index (χ3n) is 2.09. The van der Waals surface area contributed by atoms with E-state index in [0.29, 0.717) is 10.6 Å². The van der Waals surface area contributed by atoms with Crippen LogP contribution in [0.1, 0.15) is 0 Å². The van der Waals surface area contributed by atoms with Gasteiger partial charge in [-0.15, -0.1) is 11.3 Å². The van der Waals surface area contributed by atoms with Crippen molar-refractivity contribution >= 4 is 17.2 Å². The van der Waals surface area contributed by atoms with Gasteiger partial charge in [0, 0.05) is 18.6 Å². The SMILES string of the molecule is Cn1ccsc1=NC(=O)COc1ccccc1. The first-order chi connectivity index (χ1) is 8.25. The van der Waals surface area contributed by atoms with Crippen molar-refractivity contribution in [3.63, 3.8) is 0 Å². The molecule has 5 heteroatoms. The lowest BCUT2D eigenvalue weighted by molar-refractivity contribution is -0.120. The number of aryl methyl sites for hydroxylation is 1. The molecule has 0 aliphatic heterocycles. The van der Waals surface area contributed by atoms with E-state index in [1.807, 2.05) is 36.8 Å². The molecule has 0 radical (unpaired) electrons. The van der Waals surface area contributed by atoms with E-state index in [2.05, 4.69) is 4.99 Å². The number of rotatable bonds is 3. The summed E-state index contributed by atoms with van der Waals surface area (Å²) < 4.78 is 7.11. The molecule has 0 N–H and O–H groups in total. The van der Waals surface area contributed by atoms with Crippen LogP contribution in [0, 0.1) is 0 Å². The van der Waals surface area contributed by atoms with E-state index in [4.69, 9.17) is 4.74 Å². The molecule has 0 atom stereocenters. The van der Waals surface area contributed by atoms with Crippen molar-refractivity contribution in [2.45, 2.75) is 0 Å². The van der Waals surface area contributed by atoms with Crippen molar-refractivity contribution < 1.29 is 9.53 Å². The molecule has 1 aromatic heterocycles. The van der Waals surface area contributed by atoms with Crippen molar-refractivity contribution in [3.8, 4) is 5.75 Å². The molecule has 0 unspecified atom stereocenters. The Balaban J connectivity index is 1.98. The van der Waals surface area contributed by atoms with Gasteiger partial charge in [0.15, 0.2) is 11.4 Å². The maximum absolute atomic E-state index is 11.5. The van der Waals surface area contributed by atoms with Crippen LogP contribution < -0.4 is 9.54 Å². The molecule has 1 aromatic carbocycles. The van der Waals surface area contributed by atoms with Gasteiger partial charge in [0.05, 0.1) is 0 Å². The van der Waals surface area contributed by atoms with E-state index in [-0.39, 0.29) is 12.5 Å². The molecule has 88 valence electrons. The molecular formula is C12H12N2O2S. The maximum atomic E-state index is 11.5. The zero-order chi connectivity index (χ0) is 12.1. The van der Waals surface area contributed by atoms with Crippen LogP contribution in [0.5, 0.6) is 5.75 Å². The van der Waals surface area contributed by atoms with E-state index in [1.54, 1.807) is 16.7 Å². The smallest absolute Gasteiger partial charge is 0.286 e. The molecule has 4 nitrogen and oxygen atoms in total. The van der Waals surface area contributed by atoms with Gasteiger partial charge in [-0.05, 0) is 12.1 Å². The summed E-state index contributed by atoms with van der Waals surface area (Å²) in [6, 6.07) is 9.22. The van der Waals surface area contributed by atoms with Gasteiger partial charge in [0.2, 0.25) is 0 Å². The molecule has 2 rings (SSSR count). The lowest BCUT2D eigenvalue weighted by Crippen LogP contribution is -2.16. The Labute approximate surface area is 103 Å². The molecule has 0 fully saturated rings. The van der Waals surface area contributed by atoms with Crippen LogP contribution in [0.2, 0.25) is 0 Å². The maximum Gasteiger partial charge on any atom is 0.286 e. The summed E-state index contributed by atoms with van der Waals surface area (Å²) in [5, 5.41) is 1.88. The fraction of sp³-hybridized carbons (Fsp3) is 0.167. The summed E-state index contributed by atoms with van der Waals surface area (Å²) in [6.07, 6.45) is 1.86. The highest BCUT2D eigenvalue weighted by Crippen LogP contribution is 2.07. The Hall–Kier alpha value is -1.88. The predicted octanol–water partition coefficient (Wildman–Crippen LogP) is 1.59. The minimum absolute atomic E-state index is 0.0398. The molecule has 1 amide bonds. The lowest BCUT2D eigenvalue weighted by Gasteiger charge is -2.01. The number of aromatic nitrogens is 1. The Morgan fingerprint density at radius 2 is 2.18 bits per heavy atom. The highest BCUT2D eigenvalue weighted by atomic mass is 32.1. The van der Waals surface area contributed by atoms with Crippen molar-refractivity contribution in [2.75, 3.05) is 6.61 Å². The van der Waals surface area contributed by atoms with Gasteiger partial charge in [-0.2, -0.15) is 4.99 Å². The average Bonchev–Trinajstić information content (AvgIpc) is 2.74. The Morgan fingerprint density at radius 3 is 2.82 bits per heavy atom. The first kappa shape index (κ1) is 11.6. The monoisotopic (exact) mass is 248 g/mol. The molecule has 0 spiro atoms. The Morgan fingerprint density at radius 1 is 1.41 bits per heavy atom. The predicted molar refractivity (Wildman–Crippen MR) is 65.8 cm³/mol. The molecule has 0 aliphatic rings. The minimum atomic E-state index is -0.285. The number of amides is 1. The van der Waals surface area contributed by atoms with Crippen molar-refractivity contribution in [3.05, 3.63) is 46.7 Å². The van der Waals surface area contributed by atoms with Crippen LogP contribution >= 0.6 is 11.3 Å². The van der Waals surface area contributed by atoms with Gasteiger partial charge < -0.3 is 9.30 Å². The molecule has 0 saturated heterocycles. The van der Waals surface area contributed by atoms with Crippen LogP contribution in [0.15, 0.2) is 46.9 Å². The third-order valence-corrected chi connectivity index (χ3v) is 2.93. The fourth-order valence-corrected chi connectivity index (χ4v) is 1.98. The van der Waals surface area contributed by atoms with Crippen molar-refractivity contribution in [1.82, 2.24) is 4.57 Å². The molecule has 17 heavy (non-hydrogen) atoms. The summed E-state index contributed by atoms with van der Waals surface area (Å²) in [4.78, 5) is 16.2. The van der Waals surface area contributed by atoms with E-state index in [9.17, 15) is 4.79 Å². The van der Waals surface area contributed by atoms with Gasteiger partial charge in [-0.1, -0.05) is 18.2 Å². The summed E-state index contributed by atoms with van der Waals surface area (Å²) in [6.45, 7) is -0.0398. The number of para-hydroxylation sites is 1. The topological polar surface area (TPSA) is 43.6 Å². The van der Waals surface area contributed by atoms with Gasteiger partial charge in [0.1, 0.15) is 5.75 Å². The van der Waals surface area contributed by atoms with E-state index < -0.39 is 0 Å². The Kier molecular flexibility index (Phi) is 3.72. The summed E-state index contributed by atoms with van der Waals surface area (Å²) in [7, 11) is 1.85. The normalized spacial score (nSPS) is 11.5. The Bertz CT molecular complexity index is 557. The number of hydrogen-bond donors (Lipinski definition) is 0. The third kappa shape index (κ3) is 3.29. The van der Waals surface area contributed by atoms with Crippen LogP contribution in [-0.2, 0) is 11.8 Å².